The molecule has 3 rings (SSSR count). The molecule has 1 aromatic heterocycles. The SMILES string of the molecule is O=C(O)C1CCCN(C(=O)c2ccc(OCc3cscn3)cc2)C1. The van der Waals surface area contributed by atoms with E-state index in [-0.39, 0.29) is 12.5 Å². The van der Waals surface area contributed by atoms with Gasteiger partial charge in [-0.1, -0.05) is 0 Å². The van der Waals surface area contributed by atoms with Crippen LogP contribution in [0.2, 0.25) is 0 Å². The molecule has 7 heteroatoms. The summed E-state index contributed by atoms with van der Waals surface area (Å²) in [6.07, 6.45) is 1.35. The van der Waals surface area contributed by atoms with Gasteiger partial charge in [0.05, 0.1) is 17.1 Å². The molecular weight excluding hydrogens is 328 g/mol. The van der Waals surface area contributed by atoms with Crippen molar-refractivity contribution in [3.05, 3.63) is 46.4 Å². The van der Waals surface area contributed by atoms with E-state index in [2.05, 4.69) is 4.98 Å². The van der Waals surface area contributed by atoms with Crippen molar-refractivity contribution in [2.75, 3.05) is 13.1 Å². The molecule has 1 atom stereocenters. The van der Waals surface area contributed by atoms with Crippen LogP contribution >= 0.6 is 11.3 Å². The van der Waals surface area contributed by atoms with E-state index in [0.717, 1.165) is 12.1 Å². The minimum atomic E-state index is -0.835. The number of carboxylic acid groups (broad SMARTS) is 1. The Hall–Kier alpha value is -2.41. The second-order valence-corrected chi connectivity index (χ2v) is 6.44. The monoisotopic (exact) mass is 346 g/mol. The predicted octanol–water partition coefficient (Wildman–Crippen LogP) is 2.66. The molecule has 0 radical (unpaired) electrons. The normalized spacial score (nSPS) is 17.5. The Morgan fingerprint density at radius 3 is 2.79 bits per heavy atom. The van der Waals surface area contributed by atoms with E-state index in [1.54, 1.807) is 34.7 Å². The second kappa shape index (κ2) is 7.44. The van der Waals surface area contributed by atoms with Crippen LogP contribution in [0.25, 0.3) is 0 Å². The molecule has 0 saturated carbocycles. The van der Waals surface area contributed by atoms with Crippen molar-refractivity contribution < 1.29 is 19.4 Å². The van der Waals surface area contributed by atoms with Crippen LogP contribution in [0.1, 0.15) is 28.9 Å². The van der Waals surface area contributed by atoms with Crippen molar-refractivity contribution in [1.29, 1.82) is 0 Å². The molecule has 1 amide bonds. The lowest BCUT2D eigenvalue weighted by Crippen LogP contribution is -2.42. The number of carboxylic acids is 1. The number of rotatable bonds is 5. The highest BCUT2D eigenvalue weighted by atomic mass is 32.1. The number of hydrogen-bond acceptors (Lipinski definition) is 5. The van der Waals surface area contributed by atoms with E-state index >= 15 is 0 Å². The van der Waals surface area contributed by atoms with Gasteiger partial charge in [0.15, 0.2) is 0 Å². The molecule has 1 unspecified atom stereocenters. The summed E-state index contributed by atoms with van der Waals surface area (Å²) in [4.78, 5) is 29.4. The molecule has 1 aliphatic heterocycles. The molecule has 0 aliphatic carbocycles. The fourth-order valence-corrected chi connectivity index (χ4v) is 3.25. The number of nitrogens with zero attached hydrogens (tertiary/aromatic N) is 2. The topological polar surface area (TPSA) is 79.7 Å². The summed E-state index contributed by atoms with van der Waals surface area (Å²) in [5.41, 5.74) is 3.17. The first-order valence-electron chi connectivity index (χ1n) is 7.75. The molecule has 1 aromatic carbocycles. The van der Waals surface area contributed by atoms with E-state index in [1.165, 1.54) is 11.3 Å². The van der Waals surface area contributed by atoms with Gasteiger partial charge in [0, 0.05) is 24.0 Å². The van der Waals surface area contributed by atoms with Crippen molar-refractivity contribution in [2.24, 2.45) is 5.92 Å². The van der Waals surface area contributed by atoms with Crippen LogP contribution in [0, 0.1) is 5.92 Å². The number of carbonyl (C=O) groups is 2. The number of carbonyl (C=O) groups excluding carboxylic acids is 1. The number of piperidine rings is 1. The van der Waals surface area contributed by atoms with Crippen LogP contribution in [0.5, 0.6) is 5.75 Å². The number of likely N-dealkylation sites (tertiary alicyclic amines) is 1. The van der Waals surface area contributed by atoms with E-state index in [1.807, 2.05) is 5.38 Å². The van der Waals surface area contributed by atoms with E-state index in [4.69, 9.17) is 9.84 Å². The van der Waals surface area contributed by atoms with Crippen molar-refractivity contribution in [3.8, 4) is 5.75 Å². The highest BCUT2D eigenvalue weighted by Crippen LogP contribution is 2.20. The van der Waals surface area contributed by atoms with Gasteiger partial charge in [0.1, 0.15) is 12.4 Å². The van der Waals surface area contributed by atoms with Crippen LogP contribution in [0.4, 0.5) is 0 Å². The molecule has 0 spiro atoms. The molecule has 1 N–H and O–H groups in total. The molecule has 6 nitrogen and oxygen atoms in total. The maximum Gasteiger partial charge on any atom is 0.308 e. The average Bonchev–Trinajstić information content (AvgIpc) is 3.13. The number of aromatic nitrogens is 1. The zero-order valence-corrected chi connectivity index (χ0v) is 13.9. The summed E-state index contributed by atoms with van der Waals surface area (Å²) in [5, 5.41) is 11.0. The van der Waals surface area contributed by atoms with Crippen LogP contribution in [-0.4, -0.2) is 40.0 Å². The number of amides is 1. The maximum atomic E-state index is 12.5. The minimum Gasteiger partial charge on any atom is -0.487 e. The first kappa shape index (κ1) is 16.4. The van der Waals surface area contributed by atoms with Crippen molar-refractivity contribution >= 4 is 23.2 Å². The van der Waals surface area contributed by atoms with Crippen molar-refractivity contribution in [3.63, 3.8) is 0 Å². The fraction of sp³-hybridized carbons (Fsp3) is 0.353. The Labute approximate surface area is 143 Å². The van der Waals surface area contributed by atoms with Gasteiger partial charge in [-0.25, -0.2) is 4.98 Å². The third-order valence-corrected chi connectivity index (χ3v) is 4.66. The molecule has 1 aliphatic rings. The quantitative estimate of drug-likeness (QED) is 0.900. The van der Waals surface area contributed by atoms with Crippen LogP contribution < -0.4 is 4.74 Å². The highest BCUT2D eigenvalue weighted by molar-refractivity contribution is 7.07. The van der Waals surface area contributed by atoms with Crippen LogP contribution in [0.15, 0.2) is 35.2 Å². The van der Waals surface area contributed by atoms with Gasteiger partial charge < -0.3 is 14.7 Å². The highest BCUT2D eigenvalue weighted by Gasteiger charge is 2.28. The number of hydrogen-bond donors (Lipinski definition) is 1. The lowest BCUT2D eigenvalue weighted by atomic mass is 9.97. The largest absolute Gasteiger partial charge is 0.487 e. The van der Waals surface area contributed by atoms with E-state index < -0.39 is 11.9 Å². The summed E-state index contributed by atoms with van der Waals surface area (Å²) in [7, 11) is 0. The Kier molecular flexibility index (Phi) is 5.10. The first-order chi connectivity index (χ1) is 11.6. The van der Waals surface area contributed by atoms with Crippen molar-refractivity contribution in [2.45, 2.75) is 19.4 Å². The Morgan fingerprint density at radius 1 is 1.33 bits per heavy atom. The molecule has 24 heavy (non-hydrogen) atoms. The third-order valence-electron chi connectivity index (χ3n) is 4.03. The van der Waals surface area contributed by atoms with Gasteiger partial charge in [-0.05, 0) is 37.1 Å². The van der Waals surface area contributed by atoms with Gasteiger partial charge in [0.2, 0.25) is 0 Å². The number of thiazole rings is 1. The molecule has 2 aromatic rings. The third kappa shape index (κ3) is 3.91. The molecule has 2 heterocycles. The first-order valence-corrected chi connectivity index (χ1v) is 8.70. The second-order valence-electron chi connectivity index (χ2n) is 5.72. The maximum absolute atomic E-state index is 12.5. The molecule has 0 bridgehead atoms. The fourth-order valence-electron chi connectivity index (χ4n) is 2.71. The number of ether oxygens (including phenoxy) is 1. The lowest BCUT2D eigenvalue weighted by Gasteiger charge is -2.30. The number of benzene rings is 1. The zero-order chi connectivity index (χ0) is 16.9. The summed E-state index contributed by atoms with van der Waals surface area (Å²) in [5.74, 6) is -0.768. The smallest absolute Gasteiger partial charge is 0.308 e. The zero-order valence-electron chi connectivity index (χ0n) is 13.1. The van der Waals surface area contributed by atoms with Gasteiger partial charge in [-0.2, -0.15) is 0 Å². The Morgan fingerprint density at radius 2 is 2.12 bits per heavy atom. The average molecular weight is 346 g/mol. The predicted molar refractivity (Wildman–Crippen MR) is 89.2 cm³/mol. The van der Waals surface area contributed by atoms with Crippen LogP contribution in [-0.2, 0) is 11.4 Å². The Balaban J connectivity index is 1.60. The summed E-state index contributed by atoms with van der Waals surface area (Å²) >= 11 is 1.52. The lowest BCUT2D eigenvalue weighted by molar-refractivity contribution is -0.143. The van der Waals surface area contributed by atoms with Gasteiger partial charge in [0.25, 0.3) is 5.91 Å². The molecule has 1 fully saturated rings. The standard InChI is InChI=1S/C17H18N2O4S/c20-16(19-7-1-2-13(8-19)17(21)22)12-3-5-15(6-4-12)23-9-14-10-24-11-18-14/h3-6,10-11,13H,1-2,7-9H2,(H,21,22). The Bertz CT molecular complexity index is 700. The number of aliphatic carboxylic acids is 1. The molecule has 1 saturated heterocycles. The van der Waals surface area contributed by atoms with E-state index in [0.29, 0.717) is 30.9 Å². The summed E-state index contributed by atoms with van der Waals surface area (Å²) in [6, 6.07) is 6.92. The van der Waals surface area contributed by atoms with Crippen LogP contribution in [0.3, 0.4) is 0 Å². The molecular formula is C17H18N2O4S. The van der Waals surface area contributed by atoms with Gasteiger partial charge in [-0.15, -0.1) is 11.3 Å². The summed E-state index contributed by atoms with van der Waals surface area (Å²) < 4.78 is 5.62. The minimum absolute atomic E-state index is 0.132. The van der Waals surface area contributed by atoms with Gasteiger partial charge in [-0.3, -0.25) is 9.59 Å². The van der Waals surface area contributed by atoms with E-state index in [9.17, 15) is 9.59 Å². The van der Waals surface area contributed by atoms with Gasteiger partial charge >= 0.3 is 5.97 Å². The molecule has 126 valence electrons. The van der Waals surface area contributed by atoms with Crippen molar-refractivity contribution in [1.82, 2.24) is 9.88 Å². The summed E-state index contributed by atoms with van der Waals surface area (Å²) in [6.45, 7) is 1.27.